The van der Waals surface area contributed by atoms with E-state index in [1.807, 2.05) is 0 Å². The van der Waals surface area contributed by atoms with E-state index >= 15 is 0 Å². The highest BCUT2D eigenvalue weighted by atomic mass is 35.5. The van der Waals surface area contributed by atoms with Gasteiger partial charge in [0.25, 0.3) is 0 Å². The summed E-state index contributed by atoms with van der Waals surface area (Å²) in [6.45, 7) is 1.74. The predicted molar refractivity (Wildman–Crippen MR) is 72.7 cm³/mol. The van der Waals surface area contributed by atoms with E-state index in [-0.39, 0.29) is 16.1 Å². The van der Waals surface area contributed by atoms with Crippen LogP contribution in [0.5, 0.6) is 5.75 Å². The third-order valence-corrected chi connectivity index (χ3v) is 3.27. The summed E-state index contributed by atoms with van der Waals surface area (Å²) in [4.78, 5) is 12.3. The largest absolute Gasteiger partial charge is 0.573 e. The molecule has 110 valence electrons. The third kappa shape index (κ3) is 3.76. The molecule has 0 N–H and O–H groups in total. The second-order valence-corrected chi connectivity index (χ2v) is 4.72. The molecule has 0 bridgehead atoms. The van der Waals surface area contributed by atoms with Gasteiger partial charge in [-0.25, -0.2) is 0 Å². The number of carbonyl (C=O) groups is 1. The number of alkyl halides is 3. The minimum Gasteiger partial charge on any atom is -0.406 e. The summed E-state index contributed by atoms with van der Waals surface area (Å²) in [5.74, 6) is -0.909. The zero-order chi connectivity index (χ0) is 15.6. The minimum atomic E-state index is -4.80. The lowest BCUT2D eigenvalue weighted by atomic mass is 10.0. The van der Waals surface area contributed by atoms with E-state index in [9.17, 15) is 18.0 Å². The summed E-state index contributed by atoms with van der Waals surface area (Å²) >= 11 is 6.05. The maximum Gasteiger partial charge on any atom is 0.573 e. The molecule has 0 radical (unpaired) electrons. The topological polar surface area (TPSA) is 26.3 Å². The number of benzene rings is 2. The van der Waals surface area contributed by atoms with Crippen LogP contribution in [0.1, 0.15) is 21.5 Å². The van der Waals surface area contributed by atoms with Crippen molar-refractivity contribution in [2.75, 3.05) is 0 Å². The molecule has 0 fully saturated rings. The molecule has 2 rings (SSSR count). The Kier molecular flexibility index (Phi) is 4.23. The highest BCUT2D eigenvalue weighted by Crippen LogP contribution is 2.27. The Morgan fingerprint density at radius 1 is 1.14 bits per heavy atom. The number of hydrogen-bond donors (Lipinski definition) is 0. The lowest BCUT2D eigenvalue weighted by molar-refractivity contribution is -0.274. The van der Waals surface area contributed by atoms with Gasteiger partial charge in [-0.1, -0.05) is 35.9 Å². The molecule has 0 saturated carbocycles. The number of carbonyl (C=O) groups excluding carboxylic acids is 1. The lowest BCUT2D eigenvalue weighted by Gasteiger charge is -2.10. The van der Waals surface area contributed by atoms with E-state index in [1.54, 1.807) is 19.1 Å². The fourth-order valence-electron chi connectivity index (χ4n) is 1.81. The molecule has 0 aliphatic rings. The van der Waals surface area contributed by atoms with Gasteiger partial charge in [0.1, 0.15) is 5.75 Å². The summed E-state index contributed by atoms with van der Waals surface area (Å²) in [6, 6.07) is 9.81. The third-order valence-electron chi connectivity index (χ3n) is 2.77. The SMILES string of the molecule is Cc1cccc(C(=O)c2cccc(OC(F)(F)F)c2)c1Cl. The number of ether oxygens (including phenoxy) is 1. The van der Waals surface area contributed by atoms with Gasteiger partial charge in [-0.3, -0.25) is 4.79 Å². The van der Waals surface area contributed by atoms with Gasteiger partial charge in [-0.05, 0) is 30.7 Å². The Morgan fingerprint density at radius 2 is 1.81 bits per heavy atom. The van der Waals surface area contributed by atoms with Gasteiger partial charge >= 0.3 is 6.36 Å². The zero-order valence-corrected chi connectivity index (χ0v) is 11.6. The van der Waals surface area contributed by atoms with Crippen LogP contribution in [0, 0.1) is 6.92 Å². The summed E-state index contributed by atoms with van der Waals surface area (Å²) in [5.41, 5.74) is 1.02. The van der Waals surface area contributed by atoms with Crippen molar-refractivity contribution in [2.24, 2.45) is 0 Å². The van der Waals surface area contributed by atoms with Crippen molar-refractivity contribution in [2.45, 2.75) is 13.3 Å². The first kappa shape index (κ1) is 15.4. The second-order valence-electron chi connectivity index (χ2n) is 4.34. The first-order valence-electron chi connectivity index (χ1n) is 5.93. The average Bonchev–Trinajstić information content (AvgIpc) is 2.39. The zero-order valence-electron chi connectivity index (χ0n) is 10.9. The minimum absolute atomic E-state index is 0.0734. The standard InChI is InChI=1S/C15H10ClF3O2/c1-9-4-2-7-12(13(9)16)14(20)10-5-3-6-11(8-10)21-15(17,18)19/h2-8H,1H3. The van der Waals surface area contributed by atoms with Crippen molar-refractivity contribution in [1.82, 2.24) is 0 Å². The van der Waals surface area contributed by atoms with Crippen molar-refractivity contribution in [3.63, 3.8) is 0 Å². The van der Waals surface area contributed by atoms with Gasteiger partial charge in [0.05, 0.1) is 5.02 Å². The number of ketones is 1. The quantitative estimate of drug-likeness (QED) is 0.762. The molecule has 0 aliphatic carbocycles. The Morgan fingerprint density at radius 3 is 2.48 bits per heavy atom. The van der Waals surface area contributed by atoms with Gasteiger partial charge in [-0.2, -0.15) is 0 Å². The van der Waals surface area contributed by atoms with Crippen molar-refractivity contribution >= 4 is 17.4 Å². The van der Waals surface area contributed by atoms with Crippen LogP contribution < -0.4 is 4.74 Å². The van der Waals surface area contributed by atoms with Gasteiger partial charge < -0.3 is 4.74 Å². The highest BCUT2D eigenvalue weighted by Gasteiger charge is 2.31. The van der Waals surface area contributed by atoms with E-state index in [0.717, 1.165) is 12.1 Å². The van der Waals surface area contributed by atoms with Crippen molar-refractivity contribution in [3.05, 3.63) is 64.2 Å². The summed E-state index contributed by atoms with van der Waals surface area (Å²) < 4.78 is 40.4. The van der Waals surface area contributed by atoms with E-state index in [0.29, 0.717) is 5.56 Å². The predicted octanol–water partition coefficient (Wildman–Crippen LogP) is 4.78. The smallest absolute Gasteiger partial charge is 0.406 e. The molecule has 0 aliphatic heterocycles. The van der Waals surface area contributed by atoms with E-state index in [1.165, 1.54) is 18.2 Å². The van der Waals surface area contributed by atoms with Gasteiger partial charge in [0.2, 0.25) is 0 Å². The monoisotopic (exact) mass is 314 g/mol. The Labute approximate surface area is 124 Å². The Balaban J connectivity index is 2.36. The van der Waals surface area contributed by atoms with Crippen LogP contribution in [-0.2, 0) is 0 Å². The maximum absolute atomic E-state index is 12.3. The van der Waals surface area contributed by atoms with Crippen LogP contribution in [0.15, 0.2) is 42.5 Å². The second kappa shape index (κ2) is 5.77. The summed E-state index contributed by atoms with van der Waals surface area (Å²) in [6.07, 6.45) is -4.80. The van der Waals surface area contributed by atoms with Crippen LogP contribution >= 0.6 is 11.6 Å². The van der Waals surface area contributed by atoms with Gasteiger partial charge in [0.15, 0.2) is 5.78 Å². The van der Waals surface area contributed by atoms with Crippen LogP contribution in [-0.4, -0.2) is 12.1 Å². The number of aryl methyl sites for hydroxylation is 1. The van der Waals surface area contributed by atoms with Crippen LogP contribution in [0.25, 0.3) is 0 Å². The van der Waals surface area contributed by atoms with E-state index in [4.69, 9.17) is 11.6 Å². The van der Waals surface area contributed by atoms with Crippen LogP contribution in [0.2, 0.25) is 5.02 Å². The number of halogens is 4. The normalized spacial score (nSPS) is 11.3. The molecule has 2 aromatic carbocycles. The fourth-order valence-corrected chi connectivity index (χ4v) is 2.02. The molecule has 0 aromatic heterocycles. The van der Waals surface area contributed by atoms with Gasteiger partial charge in [0, 0.05) is 11.1 Å². The molecule has 0 heterocycles. The molecular formula is C15H10ClF3O2. The first-order valence-corrected chi connectivity index (χ1v) is 6.31. The number of rotatable bonds is 3. The van der Waals surface area contributed by atoms with E-state index < -0.39 is 17.9 Å². The highest BCUT2D eigenvalue weighted by molar-refractivity contribution is 6.35. The molecule has 2 aromatic rings. The molecule has 0 amide bonds. The molecule has 2 nitrogen and oxygen atoms in total. The molecule has 0 spiro atoms. The molecule has 0 unspecified atom stereocenters. The molecule has 21 heavy (non-hydrogen) atoms. The van der Waals surface area contributed by atoms with Crippen molar-refractivity contribution in [3.8, 4) is 5.75 Å². The molecular weight excluding hydrogens is 305 g/mol. The molecule has 0 saturated heterocycles. The van der Waals surface area contributed by atoms with Crippen LogP contribution in [0.4, 0.5) is 13.2 Å². The molecule has 0 atom stereocenters. The summed E-state index contributed by atoms with van der Waals surface area (Å²) in [5, 5.41) is 0.282. The van der Waals surface area contributed by atoms with Crippen molar-refractivity contribution < 1.29 is 22.7 Å². The lowest BCUT2D eigenvalue weighted by Crippen LogP contribution is -2.17. The first-order chi connectivity index (χ1) is 9.78. The average molecular weight is 315 g/mol. The maximum atomic E-state index is 12.3. The fraction of sp³-hybridized carbons (Fsp3) is 0.133. The van der Waals surface area contributed by atoms with Crippen molar-refractivity contribution in [1.29, 1.82) is 0 Å². The van der Waals surface area contributed by atoms with Gasteiger partial charge in [-0.15, -0.1) is 13.2 Å². The van der Waals surface area contributed by atoms with E-state index in [2.05, 4.69) is 4.74 Å². The molecule has 6 heteroatoms. The Hall–Kier alpha value is -2.01. The Bertz CT molecular complexity index is 681. The number of hydrogen-bond acceptors (Lipinski definition) is 2. The summed E-state index contributed by atoms with van der Waals surface area (Å²) in [7, 11) is 0. The van der Waals surface area contributed by atoms with Crippen LogP contribution in [0.3, 0.4) is 0 Å².